The fourth-order valence-electron chi connectivity index (χ4n) is 9.40. The number of aliphatic hydroxyl groups excluding tert-OH is 3. The molecule has 2 fully saturated rings. The molecule has 60 heavy (non-hydrogen) atoms. The number of carboxylic acids is 2. The summed E-state index contributed by atoms with van der Waals surface area (Å²) in [5.74, 6) is -8.03. The van der Waals surface area contributed by atoms with Gasteiger partial charge in [-0.05, 0) is 65.2 Å². The Balaban J connectivity index is 0.000000332. The second kappa shape index (κ2) is 22.1. The number of hydrogen-bond donors (Lipinski definition) is 10. The van der Waals surface area contributed by atoms with Crippen molar-refractivity contribution in [1.82, 2.24) is 16.0 Å². The normalized spacial score (nSPS) is 33.1. The molecule has 4 aliphatic rings. The minimum absolute atomic E-state index is 0.289. The molecule has 1 unspecified atom stereocenters. The Morgan fingerprint density at radius 1 is 0.800 bits per heavy atom. The summed E-state index contributed by atoms with van der Waals surface area (Å²) in [6.07, 6.45) is 14.4. The van der Waals surface area contributed by atoms with Gasteiger partial charge in [0.05, 0.1) is 30.1 Å². The number of nitrogens with one attached hydrogen (secondary N) is 3. The summed E-state index contributed by atoms with van der Waals surface area (Å²) in [7, 11) is 0. The van der Waals surface area contributed by atoms with Crippen molar-refractivity contribution in [3.63, 3.8) is 0 Å². The van der Waals surface area contributed by atoms with Crippen LogP contribution in [0.2, 0.25) is 0 Å². The number of carboxylic acid groups (broad SMARTS) is 2. The first kappa shape index (κ1) is 51.0. The molecule has 0 bridgehead atoms. The number of rotatable bonds is 20. The van der Waals surface area contributed by atoms with Crippen molar-refractivity contribution in [2.24, 2.45) is 23.7 Å². The highest BCUT2D eigenvalue weighted by Crippen LogP contribution is 2.47. The molecule has 4 rings (SSSR count). The Kier molecular flexibility index (Phi) is 18.8. The molecule has 3 amide bonds. The van der Waals surface area contributed by atoms with Crippen molar-refractivity contribution < 1.29 is 64.5 Å². The molecule has 2 saturated heterocycles. The lowest BCUT2D eigenvalue weighted by molar-refractivity contribution is -0.173. The molecule has 12 atom stereocenters. The van der Waals surface area contributed by atoms with E-state index in [1.165, 1.54) is 20.8 Å². The molecule has 0 radical (unpaired) electrons. The van der Waals surface area contributed by atoms with E-state index in [1.807, 2.05) is 25.2 Å². The van der Waals surface area contributed by atoms with E-state index in [0.717, 1.165) is 57.8 Å². The molecule has 340 valence electrons. The van der Waals surface area contributed by atoms with E-state index in [0.29, 0.717) is 43.9 Å². The maximum atomic E-state index is 13.6. The summed E-state index contributed by atoms with van der Waals surface area (Å²) < 4.78 is 0. The van der Waals surface area contributed by atoms with Gasteiger partial charge in [0.15, 0.2) is 11.1 Å². The van der Waals surface area contributed by atoms with E-state index in [1.54, 1.807) is 6.08 Å². The fraction of sp³-hybridized carbons (Fsp3) is 0.767. The van der Waals surface area contributed by atoms with Crippen molar-refractivity contribution in [3.05, 3.63) is 24.3 Å². The number of carbonyl (C=O) groups excluding carboxylic acids is 4. The van der Waals surface area contributed by atoms with Crippen molar-refractivity contribution in [2.45, 2.75) is 178 Å². The summed E-state index contributed by atoms with van der Waals surface area (Å²) in [4.78, 5) is 74.3. The van der Waals surface area contributed by atoms with Gasteiger partial charge in [-0.25, -0.2) is 9.59 Å². The van der Waals surface area contributed by atoms with Gasteiger partial charge in [-0.3, -0.25) is 19.2 Å². The zero-order chi connectivity index (χ0) is 45.1. The first-order chi connectivity index (χ1) is 28.2. The highest BCUT2D eigenvalue weighted by Gasteiger charge is 2.71. The van der Waals surface area contributed by atoms with Crippen LogP contribution in [0.15, 0.2) is 24.3 Å². The molecule has 2 heterocycles. The molecule has 16 nitrogen and oxygen atoms in total. The SMILES string of the molecule is CCCCCC(O)[C@H]1C(=O)N[C@](C(=O)O)([C@@H](O)[C@@H]2C=CCCC2)[C@@]1(C)O.CCCCCC[C@H]1C(=O)N[C@](C(=O)SC[C@H](NC(C)=O)C(=O)O)([C@@H](O)[C@@H]2C=CCCC2)[C@@]1(C)O. The third-order valence-corrected chi connectivity index (χ3v) is 14.0. The maximum absolute atomic E-state index is 13.6. The predicted octanol–water partition coefficient (Wildman–Crippen LogP) is 2.72. The summed E-state index contributed by atoms with van der Waals surface area (Å²) >= 11 is 0.588. The van der Waals surface area contributed by atoms with Crippen LogP contribution < -0.4 is 16.0 Å². The summed E-state index contributed by atoms with van der Waals surface area (Å²) in [6.45, 7) is 7.88. The van der Waals surface area contributed by atoms with Gasteiger partial charge in [0.25, 0.3) is 0 Å². The van der Waals surface area contributed by atoms with Gasteiger partial charge in [-0.2, -0.15) is 0 Å². The summed E-state index contributed by atoms with van der Waals surface area (Å²) in [6, 6.07) is -1.33. The average molecular weight is 868 g/mol. The quantitative estimate of drug-likeness (QED) is 0.0623. The van der Waals surface area contributed by atoms with Crippen LogP contribution in [0.1, 0.15) is 131 Å². The first-order valence-corrected chi connectivity index (χ1v) is 22.5. The second-order valence-electron chi connectivity index (χ2n) is 17.3. The molecule has 2 aliphatic carbocycles. The number of allylic oxidation sites excluding steroid dienone is 2. The van der Waals surface area contributed by atoms with Crippen molar-refractivity contribution in [2.75, 3.05) is 5.75 Å². The average Bonchev–Trinajstić information content (AvgIpc) is 3.55. The summed E-state index contributed by atoms with van der Waals surface area (Å²) in [5.41, 5.74) is -8.29. The minimum Gasteiger partial charge on any atom is -0.480 e. The van der Waals surface area contributed by atoms with Gasteiger partial charge in [0.2, 0.25) is 22.8 Å². The van der Waals surface area contributed by atoms with Crippen molar-refractivity contribution in [1.29, 1.82) is 0 Å². The molecular weight excluding hydrogens is 799 g/mol. The number of aliphatic hydroxyl groups is 5. The lowest BCUT2D eigenvalue weighted by atomic mass is 9.67. The van der Waals surface area contributed by atoms with Crippen LogP contribution >= 0.6 is 11.8 Å². The Bertz CT molecular complexity index is 1590. The van der Waals surface area contributed by atoms with Crippen LogP contribution in [-0.2, 0) is 28.8 Å². The number of hydrogen-bond acceptors (Lipinski definition) is 12. The molecule has 0 aromatic carbocycles. The predicted molar refractivity (Wildman–Crippen MR) is 224 cm³/mol. The number of carbonyl (C=O) groups is 6. The molecular formula is C43H69N3O13S. The minimum atomic E-state index is -2.26. The van der Waals surface area contributed by atoms with Gasteiger partial charge in [0, 0.05) is 24.5 Å². The number of unbranched alkanes of at least 4 members (excludes halogenated alkanes) is 5. The van der Waals surface area contributed by atoms with Crippen LogP contribution in [0.3, 0.4) is 0 Å². The van der Waals surface area contributed by atoms with Gasteiger partial charge in [0.1, 0.15) is 17.2 Å². The van der Waals surface area contributed by atoms with Crippen LogP contribution in [0.5, 0.6) is 0 Å². The van der Waals surface area contributed by atoms with Gasteiger partial charge >= 0.3 is 11.9 Å². The third kappa shape index (κ3) is 10.8. The topological polar surface area (TPSA) is 280 Å². The molecule has 0 saturated carbocycles. The van der Waals surface area contributed by atoms with E-state index >= 15 is 0 Å². The number of amides is 3. The zero-order valence-corrected chi connectivity index (χ0v) is 36.5. The zero-order valence-electron chi connectivity index (χ0n) is 35.7. The van der Waals surface area contributed by atoms with E-state index < -0.39 is 105 Å². The lowest BCUT2D eigenvalue weighted by Crippen LogP contribution is -2.70. The van der Waals surface area contributed by atoms with Gasteiger partial charge in [-0.15, -0.1) is 0 Å². The third-order valence-electron chi connectivity index (χ3n) is 13.0. The van der Waals surface area contributed by atoms with Crippen LogP contribution in [0.4, 0.5) is 0 Å². The van der Waals surface area contributed by atoms with E-state index in [4.69, 9.17) is 0 Å². The van der Waals surface area contributed by atoms with Gasteiger partial charge in [-0.1, -0.05) is 94.9 Å². The van der Waals surface area contributed by atoms with E-state index in [2.05, 4.69) is 22.9 Å². The Labute approximate surface area is 357 Å². The van der Waals surface area contributed by atoms with Crippen LogP contribution in [-0.4, -0.2) is 123 Å². The lowest BCUT2D eigenvalue weighted by Gasteiger charge is -2.45. The molecule has 17 heteroatoms. The standard InChI is InChI=1S/C24H38N2O7S.C19H31NO6/c1-4-5-6-10-13-17-20(29)26-24(23(17,3)33,19(28)16-11-8-7-9-12-16)22(32)34-14-18(21(30)31)25-15(2)27;1-3-4-6-11-13(21)14-16(23)20-19(17(24)25,18(14,2)26)15(22)12-9-7-5-8-10-12/h8,11,16-19,28,33H,4-7,9-10,12-14H2,1-3H3,(H,25,27)(H,26,29)(H,30,31);7,9,12-15,21-22,26H,3-6,8,10-11H2,1-2H3,(H,20,23)(H,24,25)/t16-,17+,18+,19+,23+,24+;12-,13?,14+,15+,18+,19+/m11/s1. The Hall–Kier alpha value is -3.35. The Morgan fingerprint density at radius 2 is 1.33 bits per heavy atom. The second-order valence-corrected chi connectivity index (χ2v) is 18.3. The van der Waals surface area contributed by atoms with Crippen LogP contribution in [0, 0.1) is 23.7 Å². The molecule has 2 aliphatic heterocycles. The molecule has 0 aromatic rings. The monoisotopic (exact) mass is 867 g/mol. The maximum Gasteiger partial charge on any atom is 0.335 e. The smallest absolute Gasteiger partial charge is 0.335 e. The largest absolute Gasteiger partial charge is 0.480 e. The van der Waals surface area contributed by atoms with Gasteiger partial charge < -0.3 is 51.7 Å². The Morgan fingerprint density at radius 3 is 1.82 bits per heavy atom. The molecule has 0 spiro atoms. The highest BCUT2D eigenvalue weighted by molar-refractivity contribution is 8.13. The molecule has 0 aromatic heterocycles. The van der Waals surface area contributed by atoms with E-state index in [-0.39, 0.29) is 12.2 Å². The van der Waals surface area contributed by atoms with Crippen LogP contribution in [0.25, 0.3) is 0 Å². The number of thioether (sulfide) groups is 1. The molecule has 10 N–H and O–H groups in total. The van der Waals surface area contributed by atoms with E-state index in [9.17, 15) is 64.5 Å². The fourth-order valence-corrected chi connectivity index (χ4v) is 10.6. The summed E-state index contributed by atoms with van der Waals surface area (Å²) in [5, 5.41) is 81.5. The van der Waals surface area contributed by atoms with Crippen molar-refractivity contribution >= 4 is 46.5 Å². The highest BCUT2D eigenvalue weighted by atomic mass is 32.2. The first-order valence-electron chi connectivity index (χ1n) is 21.6. The number of aliphatic carboxylic acids is 2. The van der Waals surface area contributed by atoms with Crippen molar-refractivity contribution in [3.8, 4) is 0 Å².